The second-order valence-electron chi connectivity index (χ2n) is 7.89. The molecule has 3 aromatic rings. The molecule has 1 aromatic carbocycles. The van der Waals surface area contributed by atoms with Gasteiger partial charge in [-0.2, -0.15) is 0 Å². The lowest BCUT2D eigenvalue weighted by Gasteiger charge is -2.18. The first-order valence-electron chi connectivity index (χ1n) is 9.89. The minimum Gasteiger partial charge on any atom is -0.378 e. The van der Waals surface area contributed by atoms with Gasteiger partial charge < -0.3 is 10.2 Å². The standard InChI is InChI=1S/C22H26N4OS2/c1-13-5-10-17-18(11-13)29-22-20(17)21(23-14(2)24-22)28-12-19(27)25-15-6-8-16(9-7-15)26(3)4/h6-9,13H,5,10-12H2,1-4H3,(H,25,27). The molecule has 0 aliphatic heterocycles. The van der Waals surface area contributed by atoms with Gasteiger partial charge >= 0.3 is 0 Å². The summed E-state index contributed by atoms with van der Waals surface area (Å²) in [6, 6.07) is 7.86. The van der Waals surface area contributed by atoms with Crippen molar-refractivity contribution in [2.75, 3.05) is 30.1 Å². The summed E-state index contributed by atoms with van der Waals surface area (Å²) >= 11 is 3.32. The quantitative estimate of drug-likeness (QED) is 0.463. The van der Waals surface area contributed by atoms with Crippen molar-refractivity contribution >= 4 is 50.6 Å². The first-order chi connectivity index (χ1) is 13.9. The van der Waals surface area contributed by atoms with Crippen LogP contribution in [-0.4, -0.2) is 35.7 Å². The molecule has 0 bridgehead atoms. The van der Waals surface area contributed by atoms with Crippen molar-refractivity contribution < 1.29 is 4.79 Å². The Hall–Kier alpha value is -2.12. The van der Waals surface area contributed by atoms with Crippen LogP contribution < -0.4 is 10.2 Å². The van der Waals surface area contributed by atoms with E-state index in [-0.39, 0.29) is 5.91 Å². The molecule has 1 aliphatic rings. The molecule has 1 unspecified atom stereocenters. The first-order valence-corrected chi connectivity index (χ1v) is 11.7. The van der Waals surface area contributed by atoms with Crippen LogP contribution in [-0.2, 0) is 17.6 Å². The Morgan fingerprint density at radius 2 is 2.03 bits per heavy atom. The number of thioether (sulfide) groups is 1. The van der Waals surface area contributed by atoms with Gasteiger partial charge in [0, 0.05) is 35.7 Å². The van der Waals surface area contributed by atoms with Crippen LogP contribution >= 0.6 is 23.1 Å². The van der Waals surface area contributed by atoms with E-state index in [4.69, 9.17) is 0 Å². The highest BCUT2D eigenvalue weighted by atomic mass is 32.2. The predicted molar refractivity (Wildman–Crippen MR) is 123 cm³/mol. The van der Waals surface area contributed by atoms with E-state index in [9.17, 15) is 4.79 Å². The van der Waals surface area contributed by atoms with E-state index in [1.54, 1.807) is 11.3 Å². The van der Waals surface area contributed by atoms with E-state index in [1.807, 2.05) is 50.2 Å². The molecule has 152 valence electrons. The van der Waals surface area contributed by atoms with Crippen molar-refractivity contribution in [1.29, 1.82) is 0 Å². The summed E-state index contributed by atoms with van der Waals surface area (Å²) in [5.74, 6) is 1.81. The number of aryl methyl sites for hydroxylation is 2. The third-order valence-corrected chi connectivity index (χ3v) is 7.36. The number of hydrogen-bond acceptors (Lipinski definition) is 6. The molecule has 0 fully saturated rings. The first kappa shape index (κ1) is 20.2. The van der Waals surface area contributed by atoms with Gasteiger partial charge in [0.1, 0.15) is 15.7 Å². The summed E-state index contributed by atoms with van der Waals surface area (Å²) in [7, 11) is 4.00. The number of hydrogen-bond donors (Lipinski definition) is 1. The summed E-state index contributed by atoms with van der Waals surface area (Å²) in [5, 5.41) is 5.10. The normalized spacial score (nSPS) is 15.9. The monoisotopic (exact) mass is 426 g/mol. The number of carbonyl (C=O) groups is 1. The lowest BCUT2D eigenvalue weighted by molar-refractivity contribution is -0.113. The minimum absolute atomic E-state index is 0.0188. The molecule has 7 heteroatoms. The predicted octanol–water partition coefficient (Wildman–Crippen LogP) is 4.92. The van der Waals surface area contributed by atoms with Crippen molar-refractivity contribution in [3.63, 3.8) is 0 Å². The zero-order valence-corrected chi connectivity index (χ0v) is 18.9. The number of anilines is 2. The largest absolute Gasteiger partial charge is 0.378 e. The molecule has 1 atom stereocenters. The summed E-state index contributed by atoms with van der Waals surface area (Å²) in [4.78, 5) is 26.4. The van der Waals surface area contributed by atoms with Crippen molar-refractivity contribution in [1.82, 2.24) is 9.97 Å². The number of thiophene rings is 1. The van der Waals surface area contributed by atoms with Gasteiger partial charge in [0.15, 0.2) is 0 Å². The molecule has 2 aromatic heterocycles. The van der Waals surface area contributed by atoms with E-state index in [1.165, 1.54) is 34.0 Å². The molecule has 4 rings (SSSR count). The minimum atomic E-state index is -0.0188. The zero-order valence-electron chi connectivity index (χ0n) is 17.3. The number of rotatable bonds is 5. The molecule has 1 amide bonds. The van der Waals surface area contributed by atoms with Crippen LogP contribution in [0.15, 0.2) is 29.3 Å². The van der Waals surface area contributed by atoms with Crippen LogP contribution in [0.5, 0.6) is 0 Å². The van der Waals surface area contributed by atoms with Gasteiger partial charge in [0.05, 0.1) is 5.75 Å². The van der Waals surface area contributed by atoms with E-state index < -0.39 is 0 Å². The number of benzene rings is 1. The fraction of sp³-hybridized carbons (Fsp3) is 0.409. The van der Waals surface area contributed by atoms with Gasteiger partial charge in [-0.25, -0.2) is 9.97 Å². The van der Waals surface area contributed by atoms with Crippen LogP contribution in [0.1, 0.15) is 29.6 Å². The number of amides is 1. The van der Waals surface area contributed by atoms with Gasteiger partial charge in [-0.05, 0) is 61.9 Å². The highest BCUT2D eigenvalue weighted by Gasteiger charge is 2.24. The van der Waals surface area contributed by atoms with Gasteiger partial charge in [0.25, 0.3) is 0 Å². The molecule has 1 N–H and O–H groups in total. The third-order valence-electron chi connectivity index (χ3n) is 5.24. The lowest BCUT2D eigenvalue weighted by Crippen LogP contribution is -2.15. The van der Waals surface area contributed by atoms with E-state index >= 15 is 0 Å². The smallest absolute Gasteiger partial charge is 0.234 e. The van der Waals surface area contributed by atoms with Crippen LogP contribution in [0.2, 0.25) is 0 Å². The average molecular weight is 427 g/mol. The molecule has 0 saturated carbocycles. The Morgan fingerprint density at radius 3 is 2.76 bits per heavy atom. The van der Waals surface area contributed by atoms with Gasteiger partial charge in [-0.3, -0.25) is 4.79 Å². The highest BCUT2D eigenvalue weighted by molar-refractivity contribution is 8.00. The Kier molecular flexibility index (Phi) is 5.79. The number of fused-ring (bicyclic) bond motifs is 3. The van der Waals surface area contributed by atoms with E-state index in [0.717, 1.165) is 45.8 Å². The maximum atomic E-state index is 12.5. The second kappa shape index (κ2) is 8.32. The fourth-order valence-corrected chi connectivity index (χ4v) is 6.08. The van der Waals surface area contributed by atoms with Crippen molar-refractivity contribution in [3.8, 4) is 0 Å². The fourth-order valence-electron chi connectivity index (χ4n) is 3.69. The number of carbonyl (C=O) groups excluding carboxylic acids is 1. The number of nitrogens with one attached hydrogen (secondary N) is 1. The maximum Gasteiger partial charge on any atom is 0.234 e. The van der Waals surface area contributed by atoms with Crippen molar-refractivity contribution in [2.45, 2.75) is 38.1 Å². The maximum absolute atomic E-state index is 12.5. The molecule has 2 heterocycles. The Morgan fingerprint density at radius 1 is 1.28 bits per heavy atom. The van der Waals surface area contributed by atoms with Gasteiger partial charge in [-0.1, -0.05) is 18.7 Å². The van der Waals surface area contributed by atoms with E-state index in [2.05, 4.69) is 22.2 Å². The van der Waals surface area contributed by atoms with Crippen molar-refractivity contribution in [3.05, 3.63) is 40.5 Å². The number of aromatic nitrogens is 2. The van der Waals surface area contributed by atoms with Gasteiger partial charge in [-0.15, -0.1) is 11.3 Å². The summed E-state index contributed by atoms with van der Waals surface area (Å²) < 4.78 is 0. The molecule has 0 radical (unpaired) electrons. The summed E-state index contributed by atoms with van der Waals surface area (Å²) in [6.45, 7) is 4.24. The van der Waals surface area contributed by atoms with Crippen LogP contribution in [0.4, 0.5) is 11.4 Å². The second-order valence-corrected chi connectivity index (χ2v) is 9.93. The molecule has 5 nitrogen and oxygen atoms in total. The number of nitrogens with zero attached hydrogens (tertiary/aromatic N) is 3. The van der Waals surface area contributed by atoms with Crippen molar-refractivity contribution in [2.24, 2.45) is 5.92 Å². The van der Waals surface area contributed by atoms with Gasteiger partial charge in [0.2, 0.25) is 5.91 Å². The Bertz CT molecular complexity index is 1040. The summed E-state index contributed by atoms with van der Waals surface area (Å²) in [6.07, 6.45) is 3.42. The molecular formula is C22H26N4OS2. The summed E-state index contributed by atoms with van der Waals surface area (Å²) in [5.41, 5.74) is 3.32. The van der Waals surface area contributed by atoms with Crippen LogP contribution in [0.3, 0.4) is 0 Å². The molecular weight excluding hydrogens is 400 g/mol. The van der Waals surface area contributed by atoms with Crippen LogP contribution in [0, 0.1) is 12.8 Å². The average Bonchev–Trinajstić information content (AvgIpc) is 3.03. The molecule has 1 aliphatic carbocycles. The highest BCUT2D eigenvalue weighted by Crippen LogP contribution is 2.40. The SMILES string of the molecule is Cc1nc(SCC(=O)Nc2ccc(N(C)C)cc2)c2c3c(sc2n1)CC(C)CC3. The topological polar surface area (TPSA) is 58.1 Å². The molecule has 0 saturated heterocycles. The van der Waals surface area contributed by atoms with Crippen LogP contribution in [0.25, 0.3) is 10.2 Å². The third kappa shape index (κ3) is 4.41. The zero-order chi connectivity index (χ0) is 20.5. The Balaban J connectivity index is 1.50. The molecule has 0 spiro atoms. The Labute approximate surface area is 179 Å². The molecule has 29 heavy (non-hydrogen) atoms. The van der Waals surface area contributed by atoms with E-state index in [0.29, 0.717) is 5.75 Å². The lowest BCUT2D eigenvalue weighted by atomic mass is 9.89.